The minimum Gasteiger partial charge on any atom is -0.478 e. The van der Waals surface area contributed by atoms with Gasteiger partial charge in [0.05, 0.1) is 28.1 Å². The van der Waals surface area contributed by atoms with Gasteiger partial charge in [-0.2, -0.15) is 0 Å². The van der Waals surface area contributed by atoms with Gasteiger partial charge in [0.1, 0.15) is 0 Å². The number of nitrogen functional groups attached to an aromatic ring is 1. The Morgan fingerprint density at radius 3 is 3.00 bits per heavy atom. The molecular formula is C12H13N3O2S. The zero-order chi connectivity index (χ0) is 13.0. The third-order valence-electron chi connectivity index (χ3n) is 2.52. The smallest absolute Gasteiger partial charge is 0.337 e. The maximum Gasteiger partial charge on any atom is 0.337 e. The fourth-order valence-electron chi connectivity index (χ4n) is 1.59. The fourth-order valence-corrected chi connectivity index (χ4v) is 2.18. The molecule has 18 heavy (non-hydrogen) atoms. The number of carboxylic acid groups (broad SMARTS) is 1. The molecule has 6 heteroatoms. The second kappa shape index (κ2) is 5.50. The Balaban J connectivity index is 2.01. The molecule has 0 fully saturated rings. The molecule has 0 saturated carbocycles. The van der Waals surface area contributed by atoms with Crippen molar-refractivity contribution in [3.05, 3.63) is 40.3 Å². The fraction of sp³-hybridized carbons (Fsp3) is 0.167. The van der Waals surface area contributed by atoms with Crippen molar-refractivity contribution in [2.24, 2.45) is 0 Å². The van der Waals surface area contributed by atoms with E-state index in [0.29, 0.717) is 12.2 Å². The van der Waals surface area contributed by atoms with Gasteiger partial charge >= 0.3 is 5.97 Å². The van der Waals surface area contributed by atoms with Crippen molar-refractivity contribution in [1.82, 2.24) is 4.98 Å². The molecule has 5 nitrogen and oxygen atoms in total. The molecule has 0 saturated heterocycles. The molecule has 4 N–H and O–H groups in total. The lowest BCUT2D eigenvalue weighted by atomic mass is 10.1. The van der Waals surface area contributed by atoms with Gasteiger partial charge in [0.2, 0.25) is 0 Å². The van der Waals surface area contributed by atoms with Gasteiger partial charge < -0.3 is 16.2 Å². The van der Waals surface area contributed by atoms with Crippen molar-refractivity contribution in [2.75, 3.05) is 17.6 Å². The number of aromatic nitrogens is 1. The predicted octanol–water partition coefficient (Wildman–Crippen LogP) is 2.08. The Labute approximate surface area is 108 Å². The number of anilines is 2. The lowest BCUT2D eigenvalue weighted by Crippen LogP contribution is -2.10. The lowest BCUT2D eigenvalue weighted by molar-refractivity contribution is 0.0698. The van der Waals surface area contributed by atoms with E-state index >= 15 is 0 Å². The summed E-state index contributed by atoms with van der Waals surface area (Å²) in [7, 11) is 0. The number of aromatic carboxylic acids is 1. The van der Waals surface area contributed by atoms with Crippen LogP contribution in [0.25, 0.3) is 0 Å². The number of carbonyl (C=O) groups is 1. The molecule has 0 aliphatic carbocycles. The minimum absolute atomic E-state index is 0.119. The Morgan fingerprint density at radius 1 is 1.50 bits per heavy atom. The van der Waals surface area contributed by atoms with Gasteiger partial charge in [-0.05, 0) is 12.1 Å². The minimum atomic E-state index is -1.02. The first kappa shape index (κ1) is 12.4. The van der Waals surface area contributed by atoms with Crippen molar-refractivity contribution in [3.8, 4) is 0 Å². The summed E-state index contributed by atoms with van der Waals surface area (Å²) >= 11 is 1.55. The summed E-state index contributed by atoms with van der Waals surface area (Å²) in [5.41, 5.74) is 9.62. The lowest BCUT2D eigenvalue weighted by Gasteiger charge is -2.10. The Bertz CT molecular complexity index is 540. The highest BCUT2D eigenvalue weighted by molar-refractivity contribution is 7.07. The number of hydrogen-bond acceptors (Lipinski definition) is 5. The second-order valence-electron chi connectivity index (χ2n) is 3.73. The largest absolute Gasteiger partial charge is 0.478 e. The van der Waals surface area contributed by atoms with E-state index in [0.717, 1.165) is 12.1 Å². The van der Waals surface area contributed by atoms with Crippen LogP contribution in [0.5, 0.6) is 0 Å². The Hall–Kier alpha value is -2.08. The summed E-state index contributed by atoms with van der Waals surface area (Å²) in [6.07, 6.45) is 0.778. The van der Waals surface area contributed by atoms with Crippen molar-refractivity contribution < 1.29 is 9.90 Å². The molecule has 0 bridgehead atoms. The van der Waals surface area contributed by atoms with Crippen LogP contribution in [0.4, 0.5) is 11.4 Å². The highest BCUT2D eigenvalue weighted by atomic mass is 32.1. The molecule has 0 amide bonds. The monoisotopic (exact) mass is 263 g/mol. The standard InChI is InChI=1S/C12H13N3O2S/c13-11-9(12(16)17)2-1-3-10(11)14-5-4-8-6-18-7-15-8/h1-3,6-7,14H,4-5,13H2,(H,16,17). The quantitative estimate of drug-likeness (QED) is 0.719. The van der Waals surface area contributed by atoms with E-state index in [-0.39, 0.29) is 11.3 Å². The molecule has 0 aliphatic heterocycles. The summed E-state index contributed by atoms with van der Waals surface area (Å²) in [6.45, 7) is 0.664. The van der Waals surface area contributed by atoms with Crippen LogP contribution < -0.4 is 11.1 Å². The van der Waals surface area contributed by atoms with Gasteiger partial charge in [0, 0.05) is 18.3 Å². The summed E-state index contributed by atoms with van der Waals surface area (Å²) in [6, 6.07) is 4.93. The van der Waals surface area contributed by atoms with Gasteiger partial charge in [0.15, 0.2) is 0 Å². The van der Waals surface area contributed by atoms with Gasteiger partial charge in [-0.25, -0.2) is 9.78 Å². The number of thiazole rings is 1. The molecule has 2 rings (SSSR count). The van der Waals surface area contributed by atoms with E-state index in [9.17, 15) is 4.79 Å². The van der Waals surface area contributed by atoms with Gasteiger partial charge in [-0.1, -0.05) is 6.07 Å². The number of hydrogen-bond donors (Lipinski definition) is 3. The van der Waals surface area contributed by atoms with Crippen LogP contribution in [0.3, 0.4) is 0 Å². The van der Waals surface area contributed by atoms with Crippen molar-refractivity contribution >= 4 is 28.7 Å². The zero-order valence-corrected chi connectivity index (χ0v) is 10.4. The first-order valence-corrected chi connectivity index (χ1v) is 6.35. The molecule has 0 unspecified atom stereocenters. The first-order valence-electron chi connectivity index (χ1n) is 5.41. The molecule has 0 radical (unpaired) electrons. The Kier molecular flexibility index (Phi) is 3.78. The van der Waals surface area contributed by atoms with Crippen LogP contribution in [-0.2, 0) is 6.42 Å². The number of nitrogens with zero attached hydrogens (tertiary/aromatic N) is 1. The zero-order valence-electron chi connectivity index (χ0n) is 9.59. The number of carboxylic acids is 1. The number of benzene rings is 1. The maximum absolute atomic E-state index is 10.9. The van der Waals surface area contributed by atoms with Gasteiger partial charge in [0.25, 0.3) is 0 Å². The first-order chi connectivity index (χ1) is 8.68. The van der Waals surface area contributed by atoms with Crippen molar-refractivity contribution in [1.29, 1.82) is 0 Å². The topological polar surface area (TPSA) is 88.2 Å². The number of nitrogens with one attached hydrogen (secondary N) is 1. The summed E-state index contributed by atoms with van der Waals surface area (Å²) < 4.78 is 0. The number of para-hydroxylation sites is 1. The molecule has 1 aromatic carbocycles. The second-order valence-corrected chi connectivity index (χ2v) is 4.45. The van der Waals surface area contributed by atoms with E-state index in [1.807, 2.05) is 5.38 Å². The highest BCUT2D eigenvalue weighted by Crippen LogP contribution is 2.22. The normalized spacial score (nSPS) is 10.2. The molecule has 2 aromatic rings. The van der Waals surface area contributed by atoms with E-state index in [1.54, 1.807) is 29.0 Å². The van der Waals surface area contributed by atoms with Crippen molar-refractivity contribution in [2.45, 2.75) is 6.42 Å². The summed E-state index contributed by atoms with van der Waals surface area (Å²) in [4.78, 5) is 15.1. The maximum atomic E-state index is 10.9. The van der Waals surface area contributed by atoms with E-state index in [4.69, 9.17) is 10.8 Å². The van der Waals surface area contributed by atoms with Gasteiger partial charge in [-0.3, -0.25) is 0 Å². The van der Waals surface area contributed by atoms with Crippen LogP contribution in [-0.4, -0.2) is 22.6 Å². The van der Waals surface area contributed by atoms with Crippen LogP contribution in [0, 0.1) is 0 Å². The van der Waals surface area contributed by atoms with Crippen LogP contribution >= 0.6 is 11.3 Å². The average Bonchev–Trinajstić information content (AvgIpc) is 2.84. The van der Waals surface area contributed by atoms with E-state index in [1.165, 1.54) is 6.07 Å². The molecule has 0 atom stereocenters. The summed E-state index contributed by atoms with van der Waals surface area (Å²) in [5, 5.41) is 14.1. The summed E-state index contributed by atoms with van der Waals surface area (Å²) in [5.74, 6) is -1.02. The van der Waals surface area contributed by atoms with Crippen molar-refractivity contribution in [3.63, 3.8) is 0 Å². The van der Waals surface area contributed by atoms with E-state index in [2.05, 4.69) is 10.3 Å². The molecule has 1 heterocycles. The molecule has 1 aromatic heterocycles. The van der Waals surface area contributed by atoms with Crippen LogP contribution in [0.15, 0.2) is 29.1 Å². The third-order valence-corrected chi connectivity index (χ3v) is 3.15. The molecule has 0 aliphatic rings. The highest BCUT2D eigenvalue weighted by Gasteiger charge is 2.10. The van der Waals surface area contributed by atoms with Crippen LogP contribution in [0.2, 0.25) is 0 Å². The number of nitrogens with two attached hydrogens (primary N) is 1. The number of rotatable bonds is 5. The predicted molar refractivity (Wildman–Crippen MR) is 72.1 cm³/mol. The third kappa shape index (κ3) is 2.78. The SMILES string of the molecule is Nc1c(NCCc2cscn2)cccc1C(=O)O. The van der Waals surface area contributed by atoms with E-state index < -0.39 is 5.97 Å². The molecule has 0 spiro atoms. The van der Waals surface area contributed by atoms with Crippen LogP contribution in [0.1, 0.15) is 16.1 Å². The van der Waals surface area contributed by atoms with Gasteiger partial charge in [-0.15, -0.1) is 11.3 Å². The average molecular weight is 263 g/mol. The molecular weight excluding hydrogens is 250 g/mol. The Morgan fingerprint density at radius 2 is 2.33 bits per heavy atom. The molecule has 94 valence electrons.